The standard InChI is InChI=1S/C10H12N3OS.HI.Y/c1-6-5-11-7(2)9(12-6)10(14)13-8(3)15-4;;/h1-4H3;1H;/q-1;;. The number of carbonyl (C=O) groups excluding carboxylic acids is 1. The number of amides is 1. The van der Waals surface area contributed by atoms with Crippen molar-refractivity contribution in [3.05, 3.63) is 23.3 Å². The molecule has 1 rings (SSSR count). The van der Waals surface area contributed by atoms with Gasteiger partial charge in [0, 0.05) is 32.7 Å². The summed E-state index contributed by atoms with van der Waals surface area (Å²) in [5.41, 5.74) is 1.46. The van der Waals surface area contributed by atoms with Gasteiger partial charge in [0.2, 0.25) is 0 Å². The number of halogens is 1. The van der Waals surface area contributed by atoms with E-state index in [1.807, 2.05) is 6.26 Å². The zero-order valence-electron chi connectivity index (χ0n) is 10.1. The number of aliphatic imine (C=N–C) groups is 1. The van der Waals surface area contributed by atoms with Crippen LogP contribution in [0.1, 0.15) is 28.8 Å². The summed E-state index contributed by atoms with van der Waals surface area (Å²) >= 11 is 1.43. The Morgan fingerprint density at radius 2 is 2.00 bits per heavy atom. The van der Waals surface area contributed by atoms with Crippen LogP contribution in [0.25, 0.3) is 0 Å². The molecule has 7 heteroatoms. The van der Waals surface area contributed by atoms with Crippen molar-refractivity contribution in [2.75, 3.05) is 6.26 Å². The van der Waals surface area contributed by atoms with Gasteiger partial charge < -0.3 is 4.98 Å². The van der Waals surface area contributed by atoms with Crippen LogP contribution in [0.4, 0.5) is 0 Å². The molecule has 0 N–H and O–H groups in total. The van der Waals surface area contributed by atoms with Crippen LogP contribution >= 0.6 is 35.7 Å². The van der Waals surface area contributed by atoms with Gasteiger partial charge in [-0.1, -0.05) is 12.6 Å². The SMILES string of the molecule is CSC(C)=NC(=O)c1nc(C)[c-]nc1C.I.[Y]. The molecule has 0 bridgehead atoms. The Hall–Kier alpha value is 0.604. The first-order valence-electron chi connectivity index (χ1n) is 4.41. The van der Waals surface area contributed by atoms with E-state index in [1.54, 1.807) is 20.8 Å². The first-order chi connectivity index (χ1) is 7.04. The molecule has 0 aromatic carbocycles. The molecule has 0 saturated carbocycles. The largest absolute Gasteiger partial charge is 0.452 e. The van der Waals surface area contributed by atoms with Crippen LogP contribution in [-0.4, -0.2) is 27.2 Å². The predicted octanol–water partition coefficient (Wildman–Crippen LogP) is 2.43. The fourth-order valence-electron chi connectivity index (χ4n) is 0.935. The van der Waals surface area contributed by atoms with Crippen LogP contribution in [0.2, 0.25) is 0 Å². The van der Waals surface area contributed by atoms with Crippen LogP contribution in [-0.2, 0) is 32.7 Å². The summed E-state index contributed by atoms with van der Waals surface area (Å²) in [6, 6.07) is 0. The van der Waals surface area contributed by atoms with Gasteiger partial charge in [-0.05, 0) is 25.8 Å². The van der Waals surface area contributed by atoms with Gasteiger partial charge in [0.1, 0.15) is 0 Å². The van der Waals surface area contributed by atoms with Gasteiger partial charge in [-0.2, -0.15) is 0 Å². The molecule has 91 valence electrons. The Balaban J connectivity index is 0. The van der Waals surface area contributed by atoms with Crippen LogP contribution < -0.4 is 0 Å². The fourth-order valence-corrected chi connectivity index (χ4v) is 1.11. The van der Waals surface area contributed by atoms with E-state index in [-0.39, 0.29) is 62.6 Å². The molecule has 0 saturated heterocycles. The van der Waals surface area contributed by atoms with Crippen molar-refractivity contribution < 1.29 is 37.5 Å². The van der Waals surface area contributed by atoms with Crippen molar-refractivity contribution in [3.8, 4) is 0 Å². The monoisotopic (exact) mass is 439 g/mol. The molecule has 0 spiro atoms. The Bertz CT molecular complexity index is 426. The molecule has 0 aliphatic rings. The molecule has 1 aromatic heterocycles. The van der Waals surface area contributed by atoms with Crippen LogP contribution in [0, 0.1) is 20.0 Å². The van der Waals surface area contributed by atoms with Gasteiger partial charge in [0.25, 0.3) is 5.91 Å². The number of thioether (sulfide) groups is 1. The van der Waals surface area contributed by atoms with Crippen molar-refractivity contribution >= 4 is 46.7 Å². The molecule has 1 radical (unpaired) electrons. The second-order valence-electron chi connectivity index (χ2n) is 2.99. The molecule has 1 aromatic rings. The van der Waals surface area contributed by atoms with Gasteiger partial charge >= 0.3 is 0 Å². The van der Waals surface area contributed by atoms with Gasteiger partial charge in [0.15, 0.2) is 0 Å². The van der Waals surface area contributed by atoms with Crippen molar-refractivity contribution in [1.82, 2.24) is 9.97 Å². The smallest absolute Gasteiger partial charge is 0.279 e. The Morgan fingerprint density at radius 3 is 2.53 bits per heavy atom. The summed E-state index contributed by atoms with van der Waals surface area (Å²) in [6.45, 7) is 5.25. The van der Waals surface area contributed by atoms with Crippen LogP contribution in [0.3, 0.4) is 0 Å². The topological polar surface area (TPSA) is 55.2 Å². The third kappa shape index (κ3) is 6.36. The average molecular weight is 439 g/mol. The summed E-state index contributed by atoms with van der Waals surface area (Å²) in [5.74, 6) is -0.344. The summed E-state index contributed by atoms with van der Waals surface area (Å²) in [5, 5.41) is 0.715. The molecule has 0 unspecified atom stereocenters. The minimum absolute atomic E-state index is 0. The second kappa shape index (κ2) is 9.52. The molecule has 17 heavy (non-hydrogen) atoms. The number of carbonyl (C=O) groups is 1. The first-order valence-corrected chi connectivity index (χ1v) is 5.63. The van der Waals surface area contributed by atoms with E-state index in [2.05, 4.69) is 21.2 Å². The Kier molecular flexibility index (Phi) is 11.2. The molecule has 0 atom stereocenters. The molecule has 0 aliphatic carbocycles. The molecular formula is C10H13IN3OSY-. The molecular weight excluding hydrogens is 426 g/mol. The number of rotatable bonds is 1. The average Bonchev–Trinajstić information content (AvgIpc) is 2.21. The van der Waals surface area contributed by atoms with Gasteiger partial charge in [-0.15, -0.1) is 41.9 Å². The number of hydrogen-bond donors (Lipinski definition) is 0. The van der Waals surface area contributed by atoms with E-state index >= 15 is 0 Å². The maximum absolute atomic E-state index is 11.7. The van der Waals surface area contributed by atoms with Crippen LogP contribution in [0.5, 0.6) is 0 Å². The molecule has 0 aliphatic heterocycles. The summed E-state index contributed by atoms with van der Waals surface area (Å²) in [7, 11) is 0. The quantitative estimate of drug-likeness (QED) is 0.292. The van der Waals surface area contributed by atoms with Crippen molar-refractivity contribution in [3.63, 3.8) is 0 Å². The first kappa shape index (κ1) is 19.9. The third-order valence-electron chi connectivity index (χ3n) is 1.76. The molecule has 0 fully saturated rings. The van der Waals surface area contributed by atoms with Crippen molar-refractivity contribution in [2.45, 2.75) is 20.8 Å². The van der Waals surface area contributed by atoms with E-state index in [1.165, 1.54) is 11.8 Å². The zero-order chi connectivity index (χ0) is 11.4. The minimum atomic E-state index is -0.344. The van der Waals surface area contributed by atoms with Gasteiger partial charge in [-0.25, -0.2) is 4.99 Å². The normalized spacial score (nSPS) is 10.2. The summed E-state index contributed by atoms with van der Waals surface area (Å²) < 4.78 is 0. The van der Waals surface area contributed by atoms with Crippen molar-refractivity contribution in [2.24, 2.45) is 4.99 Å². The van der Waals surface area contributed by atoms with E-state index in [4.69, 9.17) is 0 Å². The summed E-state index contributed by atoms with van der Waals surface area (Å²) in [4.78, 5) is 23.6. The zero-order valence-corrected chi connectivity index (χ0v) is 16.1. The molecule has 1 heterocycles. The van der Waals surface area contributed by atoms with E-state index in [9.17, 15) is 4.79 Å². The van der Waals surface area contributed by atoms with Gasteiger partial charge in [-0.3, -0.25) is 9.78 Å². The summed E-state index contributed by atoms with van der Waals surface area (Å²) in [6.07, 6.45) is 4.56. The third-order valence-corrected chi connectivity index (χ3v) is 2.45. The predicted molar refractivity (Wildman–Crippen MR) is 76.7 cm³/mol. The fraction of sp³-hybridized carbons (Fsp3) is 0.400. The number of hydrogen-bond acceptors (Lipinski definition) is 4. The maximum Gasteiger partial charge on any atom is 0.279 e. The molecule has 1 amide bonds. The number of aromatic nitrogens is 2. The van der Waals surface area contributed by atoms with Crippen molar-refractivity contribution in [1.29, 1.82) is 0 Å². The Labute approximate surface area is 148 Å². The van der Waals surface area contributed by atoms with Gasteiger partial charge in [0.05, 0.1) is 10.7 Å². The van der Waals surface area contributed by atoms with E-state index < -0.39 is 0 Å². The second-order valence-corrected chi connectivity index (χ2v) is 3.99. The number of aryl methyl sites for hydroxylation is 2. The molecule has 4 nitrogen and oxygen atoms in total. The van der Waals surface area contributed by atoms with Crippen LogP contribution in [0.15, 0.2) is 4.99 Å². The number of nitrogens with zero attached hydrogens (tertiary/aromatic N) is 3. The Morgan fingerprint density at radius 1 is 1.41 bits per heavy atom. The maximum atomic E-state index is 11.7. The van der Waals surface area contributed by atoms with E-state index in [0.717, 1.165) is 0 Å². The minimum Gasteiger partial charge on any atom is -0.452 e. The van der Waals surface area contributed by atoms with E-state index in [0.29, 0.717) is 22.1 Å².